The summed E-state index contributed by atoms with van der Waals surface area (Å²) in [6.07, 6.45) is 2.81. The summed E-state index contributed by atoms with van der Waals surface area (Å²) in [5.41, 5.74) is 0.178. The van der Waals surface area contributed by atoms with Crippen LogP contribution in [0.5, 0.6) is 28.9 Å². The second-order valence-corrected chi connectivity index (χ2v) is 11.6. The van der Waals surface area contributed by atoms with Gasteiger partial charge in [0.1, 0.15) is 24.1 Å². The lowest BCUT2D eigenvalue weighted by atomic mass is 10.1. The molecule has 15 heteroatoms. The van der Waals surface area contributed by atoms with Gasteiger partial charge < -0.3 is 24.3 Å². The van der Waals surface area contributed by atoms with Crippen LogP contribution >= 0.6 is 11.8 Å². The number of carboxylic acid groups (broad SMARTS) is 1. The van der Waals surface area contributed by atoms with E-state index in [4.69, 9.17) is 19.3 Å². The molecule has 0 saturated carbocycles. The highest BCUT2D eigenvalue weighted by molar-refractivity contribution is 7.99. The van der Waals surface area contributed by atoms with Crippen LogP contribution in [0, 0.1) is 23.0 Å². The Morgan fingerprint density at radius 2 is 1.86 bits per heavy atom. The Hall–Kier alpha value is -6.11. The van der Waals surface area contributed by atoms with Crippen LogP contribution in [-0.4, -0.2) is 50.7 Å². The molecule has 12 nitrogen and oxygen atoms in total. The Morgan fingerprint density at radius 3 is 2.57 bits per heavy atom. The van der Waals surface area contributed by atoms with Gasteiger partial charge in [-0.05, 0) is 42.9 Å². The van der Waals surface area contributed by atoms with Crippen LogP contribution in [0.25, 0.3) is 0 Å². The molecule has 2 N–H and O–H groups in total. The van der Waals surface area contributed by atoms with Gasteiger partial charge in [0.05, 0.1) is 17.8 Å². The summed E-state index contributed by atoms with van der Waals surface area (Å²) in [6.45, 7) is 0.658. The minimum Gasteiger partial charge on any atom is -0.485 e. The number of aromatic amines is 1. The van der Waals surface area contributed by atoms with Gasteiger partial charge in [-0.1, -0.05) is 42.1 Å². The van der Waals surface area contributed by atoms with E-state index >= 15 is 8.78 Å². The van der Waals surface area contributed by atoms with E-state index < -0.39 is 46.5 Å². The van der Waals surface area contributed by atoms with Crippen LogP contribution in [0.3, 0.4) is 0 Å². The van der Waals surface area contributed by atoms with Crippen LogP contribution in [-0.2, 0) is 6.61 Å². The number of nitrogens with zero attached hydrogens (tertiary/aromatic N) is 5. The number of aromatic carboxylic acids is 1. The number of nitrogens with one attached hydrogen (secondary N) is 1. The van der Waals surface area contributed by atoms with Crippen molar-refractivity contribution >= 4 is 23.9 Å². The first-order valence-electron chi connectivity index (χ1n) is 14.5. The van der Waals surface area contributed by atoms with Crippen LogP contribution in [0.2, 0.25) is 0 Å². The Kier molecular flexibility index (Phi) is 9.60. The van der Waals surface area contributed by atoms with Crippen LogP contribution < -0.4 is 19.8 Å². The molecule has 1 atom stereocenters. The number of rotatable bonds is 11. The second-order valence-electron chi connectivity index (χ2n) is 10.5. The smallest absolute Gasteiger partial charge is 0.342 e. The fraction of sp³-hybridized carbons (Fsp3) is 0.118. The van der Waals surface area contributed by atoms with Crippen molar-refractivity contribution in [2.75, 3.05) is 13.6 Å². The SMILES string of the molecule is CN1CC=NC1c1cc(Sc2ncc(C(=O)O)c(=O)[nH]2)ccc1Oc1c(F)cnc(Oc2cc(C#N)ccc2OCc2ccccc2)c1F. The van der Waals surface area contributed by atoms with Crippen molar-refractivity contribution in [3.63, 3.8) is 0 Å². The van der Waals surface area contributed by atoms with Crippen LogP contribution in [0.4, 0.5) is 8.78 Å². The van der Waals surface area contributed by atoms with Gasteiger partial charge in [-0.15, -0.1) is 0 Å². The summed E-state index contributed by atoms with van der Waals surface area (Å²) in [5.74, 6) is -4.94. The second kappa shape index (κ2) is 14.3. The Labute approximate surface area is 281 Å². The van der Waals surface area contributed by atoms with E-state index in [0.717, 1.165) is 29.7 Å². The van der Waals surface area contributed by atoms with Gasteiger partial charge >= 0.3 is 5.97 Å². The minimum absolute atomic E-state index is 0.0223. The van der Waals surface area contributed by atoms with E-state index in [1.165, 1.54) is 24.3 Å². The highest BCUT2D eigenvalue weighted by Gasteiger charge is 2.27. The Balaban J connectivity index is 1.31. The fourth-order valence-electron chi connectivity index (χ4n) is 4.71. The molecular formula is C34H24F2N6O6S. The largest absolute Gasteiger partial charge is 0.485 e. The molecule has 0 bridgehead atoms. The van der Waals surface area contributed by atoms with Crippen molar-refractivity contribution in [2.45, 2.75) is 22.8 Å². The zero-order chi connectivity index (χ0) is 34.5. The maximum absolute atomic E-state index is 16.0. The van der Waals surface area contributed by atoms with Gasteiger partial charge in [-0.25, -0.2) is 19.2 Å². The highest BCUT2D eigenvalue weighted by atomic mass is 32.2. The summed E-state index contributed by atoms with van der Waals surface area (Å²) in [6, 6.07) is 20.4. The number of nitriles is 1. The predicted octanol–water partition coefficient (Wildman–Crippen LogP) is 6.34. The first-order valence-corrected chi connectivity index (χ1v) is 15.3. The molecule has 2 aromatic heterocycles. The molecule has 0 radical (unpaired) electrons. The minimum atomic E-state index is -1.41. The molecule has 3 heterocycles. The zero-order valence-corrected chi connectivity index (χ0v) is 26.3. The number of benzene rings is 3. The van der Waals surface area contributed by atoms with Crippen molar-refractivity contribution in [1.29, 1.82) is 5.26 Å². The molecule has 246 valence electrons. The third kappa shape index (κ3) is 7.40. The van der Waals surface area contributed by atoms with E-state index in [2.05, 4.69) is 19.9 Å². The molecule has 0 aliphatic carbocycles. The Bertz CT molecular complexity index is 2180. The number of carboxylic acids is 1. The number of ether oxygens (including phenoxy) is 3. The lowest BCUT2D eigenvalue weighted by Crippen LogP contribution is -2.19. The average Bonchev–Trinajstić information content (AvgIpc) is 3.53. The number of pyridine rings is 1. The third-order valence-corrected chi connectivity index (χ3v) is 8.03. The van der Waals surface area contributed by atoms with Gasteiger partial charge in [-0.2, -0.15) is 9.65 Å². The third-order valence-electron chi connectivity index (χ3n) is 7.14. The standard InChI is InChI=1S/C34H24F2N6O6S/c1-42-12-11-38-30(42)22-14-21(49-34-40-16-23(33(44)45)31(43)41-34)8-10-25(22)47-29-24(35)17-39-32(28(29)36)48-27-13-20(15-37)7-9-26(27)46-18-19-5-3-2-4-6-19/h2-11,13-14,16-17,30H,12,18H2,1H3,(H,44,45)(H,40,41,43). The first-order chi connectivity index (χ1) is 23.7. The number of hydrogen-bond acceptors (Lipinski definition) is 11. The van der Waals surface area contributed by atoms with Gasteiger partial charge in [0.15, 0.2) is 22.5 Å². The number of aromatic nitrogens is 3. The molecule has 1 unspecified atom stereocenters. The van der Waals surface area contributed by atoms with Crippen molar-refractivity contribution < 1.29 is 32.9 Å². The number of carbonyl (C=O) groups is 1. The van der Waals surface area contributed by atoms with Gasteiger partial charge in [0, 0.05) is 35.5 Å². The molecule has 1 aliphatic heterocycles. The van der Waals surface area contributed by atoms with E-state index in [1.807, 2.05) is 41.3 Å². The van der Waals surface area contributed by atoms with Crippen molar-refractivity contribution in [3.05, 3.63) is 123 Å². The topological polar surface area (TPSA) is 163 Å². The number of H-pyrrole nitrogens is 1. The fourth-order valence-corrected chi connectivity index (χ4v) is 5.50. The number of hydrogen-bond donors (Lipinski definition) is 2. The highest BCUT2D eigenvalue weighted by Crippen LogP contribution is 2.41. The summed E-state index contributed by atoms with van der Waals surface area (Å²) in [4.78, 5) is 40.5. The average molecular weight is 683 g/mol. The van der Waals surface area contributed by atoms with E-state index in [9.17, 15) is 14.9 Å². The van der Waals surface area contributed by atoms with Crippen LogP contribution in [0.15, 0.2) is 99.0 Å². The molecule has 0 spiro atoms. The van der Waals surface area contributed by atoms with Crippen LogP contribution in [0.1, 0.15) is 33.2 Å². The van der Waals surface area contributed by atoms with Crippen molar-refractivity contribution in [3.8, 4) is 34.9 Å². The zero-order valence-electron chi connectivity index (χ0n) is 25.5. The molecule has 0 saturated heterocycles. The lowest BCUT2D eigenvalue weighted by Gasteiger charge is -2.22. The maximum Gasteiger partial charge on any atom is 0.342 e. The van der Waals surface area contributed by atoms with E-state index in [1.54, 1.807) is 25.4 Å². The molecular weight excluding hydrogens is 658 g/mol. The van der Waals surface area contributed by atoms with Gasteiger partial charge in [0.25, 0.3) is 11.4 Å². The summed E-state index contributed by atoms with van der Waals surface area (Å²) < 4.78 is 48.6. The molecule has 1 aliphatic rings. The lowest BCUT2D eigenvalue weighted by molar-refractivity contribution is 0.0694. The quantitative estimate of drug-likeness (QED) is 0.149. The van der Waals surface area contributed by atoms with Gasteiger partial charge in [-0.3, -0.25) is 14.7 Å². The van der Waals surface area contributed by atoms with Crippen molar-refractivity contribution in [2.24, 2.45) is 4.99 Å². The number of aliphatic imine (C=N–C) groups is 1. The summed E-state index contributed by atoms with van der Waals surface area (Å²) in [7, 11) is 1.80. The predicted molar refractivity (Wildman–Crippen MR) is 172 cm³/mol. The van der Waals surface area contributed by atoms with Crippen molar-refractivity contribution in [1.82, 2.24) is 19.9 Å². The molecule has 49 heavy (non-hydrogen) atoms. The number of halogens is 2. The monoisotopic (exact) mass is 682 g/mol. The van der Waals surface area contributed by atoms with E-state index in [0.29, 0.717) is 17.0 Å². The molecule has 0 amide bonds. The summed E-state index contributed by atoms with van der Waals surface area (Å²) in [5, 5.41) is 18.7. The molecule has 5 aromatic rings. The van der Waals surface area contributed by atoms with E-state index in [-0.39, 0.29) is 34.6 Å². The summed E-state index contributed by atoms with van der Waals surface area (Å²) >= 11 is 1.03. The first kappa shape index (κ1) is 32.8. The van der Waals surface area contributed by atoms with Gasteiger partial charge in [0.2, 0.25) is 11.6 Å². The normalized spacial score (nSPS) is 14.0. The molecule has 6 rings (SSSR count). The maximum atomic E-state index is 16.0. The Morgan fingerprint density at radius 1 is 1.06 bits per heavy atom. The molecule has 0 fully saturated rings. The molecule has 3 aromatic carbocycles.